The van der Waals surface area contributed by atoms with Gasteiger partial charge < -0.3 is 4.74 Å². The van der Waals surface area contributed by atoms with E-state index in [2.05, 4.69) is 0 Å². The van der Waals surface area contributed by atoms with Gasteiger partial charge in [-0.2, -0.15) is 4.31 Å². The summed E-state index contributed by atoms with van der Waals surface area (Å²) in [5, 5.41) is 0. The van der Waals surface area contributed by atoms with Gasteiger partial charge in [-0.15, -0.1) is 0 Å². The van der Waals surface area contributed by atoms with Crippen LogP contribution in [0.2, 0.25) is 0 Å². The van der Waals surface area contributed by atoms with Crippen LogP contribution in [0.5, 0.6) is 0 Å². The summed E-state index contributed by atoms with van der Waals surface area (Å²) in [5.74, 6) is -0.531. The molecule has 3 rings (SSSR count). The molecule has 1 aliphatic rings. The number of piperidine rings is 1. The maximum atomic E-state index is 12.8. The highest BCUT2D eigenvalue weighted by atomic mass is 32.2. The third-order valence-corrected chi connectivity index (χ3v) is 6.47. The van der Waals surface area contributed by atoms with Crippen molar-refractivity contribution < 1.29 is 17.9 Å². The van der Waals surface area contributed by atoms with Crippen molar-refractivity contribution in [2.75, 3.05) is 13.1 Å². The van der Waals surface area contributed by atoms with E-state index in [0.717, 1.165) is 24.8 Å². The standard InChI is InChI=1S/C20H23NO4S/c1-16(17-9-4-2-5-10-17)25-20(22)18-11-8-12-19(15-18)26(23,24)21-13-6-3-7-14-21/h2,4-5,8-12,15-16H,3,6-7,13-14H2,1H3/t16-/m0/s1. The first-order chi connectivity index (χ1) is 12.5. The van der Waals surface area contributed by atoms with Gasteiger partial charge in [0.25, 0.3) is 0 Å². The first-order valence-electron chi connectivity index (χ1n) is 8.84. The molecular weight excluding hydrogens is 350 g/mol. The number of nitrogens with zero attached hydrogens (tertiary/aromatic N) is 1. The molecule has 2 aromatic rings. The van der Waals surface area contributed by atoms with E-state index < -0.39 is 22.1 Å². The second-order valence-electron chi connectivity index (χ2n) is 6.45. The minimum Gasteiger partial charge on any atom is -0.454 e. The molecule has 1 atom stereocenters. The highest BCUT2D eigenvalue weighted by molar-refractivity contribution is 7.89. The van der Waals surface area contributed by atoms with E-state index in [1.807, 2.05) is 30.3 Å². The van der Waals surface area contributed by atoms with Crippen molar-refractivity contribution in [3.63, 3.8) is 0 Å². The van der Waals surface area contributed by atoms with Crippen LogP contribution in [-0.4, -0.2) is 31.8 Å². The van der Waals surface area contributed by atoms with E-state index in [4.69, 9.17) is 4.74 Å². The second kappa shape index (κ2) is 8.01. The topological polar surface area (TPSA) is 63.7 Å². The Kier molecular flexibility index (Phi) is 5.74. The van der Waals surface area contributed by atoms with Crippen molar-refractivity contribution in [2.24, 2.45) is 0 Å². The summed E-state index contributed by atoms with van der Waals surface area (Å²) in [4.78, 5) is 12.6. The minimum atomic E-state index is -3.57. The molecule has 138 valence electrons. The Hall–Kier alpha value is -2.18. The Morgan fingerprint density at radius 3 is 2.38 bits per heavy atom. The van der Waals surface area contributed by atoms with Crippen molar-refractivity contribution in [3.8, 4) is 0 Å². The fourth-order valence-electron chi connectivity index (χ4n) is 3.06. The molecule has 0 aromatic heterocycles. The Balaban J connectivity index is 1.77. The predicted octanol–water partition coefficient (Wildman–Crippen LogP) is 3.78. The van der Waals surface area contributed by atoms with E-state index in [-0.39, 0.29) is 10.5 Å². The summed E-state index contributed by atoms with van der Waals surface area (Å²) in [7, 11) is -3.57. The number of rotatable bonds is 5. The lowest BCUT2D eigenvalue weighted by Crippen LogP contribution is -2.35. The van der Waals surface area contributed by atoms with Crippen LogP contribution in [0, 0.1) is 0 Å². The summed E-state index contributed by atoms with van der Waals surface area (Å²) in [6, 6.07) is 15.5. The maximum absolute atomic E-state index is 12.8. The number of hydrogen-bond acceptors (Lipinski definition) is 4. The van der Waals surface area contributed by atoms with Crippen LogP contribution in [-0.2, 0) is 14.8 Å². The Labute approximate surface area is 154 Å². The van der Waals surface area contributed by atoms with Crippen LogP contribution in [0.25, 0.3) is 0 Å². The van der Waals surface area contributed by atoms with Crippen LogP contribution < -0.4 is 0 Å². The fraction of sp³-hybridized carbons (Fsp3) is 0.350. The number of carbonyl (C=O) groups excluding carboxylic acids is 1. The smallest absolute Gasteiger partial charge is 0.338 e. The first kappa shape index (κ1) is 18.6. The number of sulfonamides is 1. The van der Waals surface area contributed by atoms with Crippen LogP contribution in [0.3, 0.4) is 0 Å². The van der Waals surface area contributed by atoms with Gasteiger partial charge in [0.05, 0.1) is 10.5 Å². The van der Waals surface area contributed by atoms with E-state index in [0.29, 0.717) is 13.1 Å². The summed E-state index contributed by atoms with van der Waals surface area (Å²) in [6.07, 6.45) is 2.38. The van der Waals surface area contributed by atoms with Gasteiger partial charge in [0, 0.05) is 13.1 Å². The molecule has 6 heteroatoms. The molecule has 1 heterocycles. The molecule has 0 unspecified atom stereocenters. The van der Waals surface area contributed by atoms with Crippen LogP contribution in [0.15, 0.2) is 59.5 Å². The molecule has 0 radical (unpaired) electrons. The zero-order valence-corrected chi connectivity index (χ0v) is 15.6. The van der Waals surface area contributed by atoms with Crippen molar-refractivity contribution in [1.82, 2.24) is 4.31 Å². The molecule has 0 bridgehead atoms. The molecule has 0 N–H and O–H groups in total. The van der Waals surface area contributed by atoms with Gasteiger partial charge in [-0.1, -0.05) is 42.8 Å². The van der Waals surface area contributed by atoms with Crippen molar-refractivity contribution >= 4 is 16.0 Å². The summed E-state index contributed by atoms with van der Waals surface area (Å²) < 4.78 is 32.5. The quantitative estimate of drug-likeness (QED) is 0.748. The lowest BCUT2D eigenvalue weighted by Gasteiger charge is -2.26. The normalized spacial score (nSPS) is 16.8. The molecule has 1 aliphatic heterocycles. The molecule has 5 nitrogen and oxygen atoms in total. The van der Waals surface area contributed by atoms with E-state index >= 15 is 0 Å². The summed E-state index contributed by atoms with van der Waals surface area (Å²) in [5.41, 5.74) is 1.13. The van der Waals surface area contributed by atoms with Gasteiger partial charge >= 0.3 is 5.97 Å². The summed E-state index contributed by atoms with van der Waals surface area (Å²) in [6.45, 7) is 2.85. The Bertz CT molecular complexity index is 858. The number of carbonyl (C=O) groups is 1. The number of ether oxygens (including phenoxy) is 1. The lowest BCUT2D eigenvalue weighted by atomic mass is 10.1. The van der Waals surface area contributed by atoms with Crippen molar-refractivity contribution in [1.29, 1.82) is 0 Å². The highest BCUT2D eigenvalue weighted by Crippen LogP contribution is 2.23. The zero-order valence-electron chi connectivity index (χ0n) is 14.8. The monoisotopic (exact) mass is 373 g/mol. The minimum absolute atomic E-state index is 0.140. The zero-order chi connectivity index (χ0) is 18.6. The van der Waals surface area contributed by atoms with Gasteiger partial charge in [0.2, 0.25) is 10.0 Å². The molecule has 1 fully saturated rings. The Morgan fingerprint density at radius 1 is 1.00 bits per heavy atom. The number of esters is 1. The molecular formula is C20H23NO4S. The third kappa shape index (κ3) is 4.14. The van der Waals surface area contributed by atoms with Crippen molar-refractivity contribution in [3.05, 3.63) is 65.7 Å². The molecule has 26 heavy (non-hydrogen) atoms. The van der Waals surface area contributed by atoms with Crippen molar-refractivity contribution in [2.45, 2.75) is 37.2 Å². The molecule has 0 spiro atoms. The van der Waals surface area contributed by atoms with Gasteiger partial charge in [-0.3, -0.25) is 0 Å². The Morgan fingerprint density at radius 2 is 1.69 bits per heavy atom. The maximum Gasteiger partial charge on any atom is 0.338 e. The van der Waals surface area contributed by atoms with Gasteiger partial charge in [0.15, 0.2) is 0 Å². The van der Waals surface area contributed by atoms with Gasteiger partial charge in [-0.25, -0.2) is 13.2 Å². The third-order valence-electron chi connectivity index (χ3n) is 4.58. The van der Waals surface area contributed by atoms with Gasteiger partial charge in [0.1, 0.15) is 6.10 Å². The molecule has 0 aliphatic carbocycles. The second-order valence-corrected chi connectivity index (χ2v) is 8.39. The lowest BCUT2D eigenvalue weighted by molar-refractivity contribution is 0.0337. The SMILES string of the molecule is C[C@H](OC(=O)c1cccc(S(=O)(=O)N2CCCCC2)c1)c1ccccc1. The number of hydrogen-bond donors (Lipinski definition) is 0. The average Bonchev–Trinajstić information content (AvgIpc) is 2.69. The molecule has 1 saturated heterocycles. The fourth-order valence-corrected chi connectivity index (χ4v) is 4.62. The molecule has 0 amide bonds. The van der Waals surface area contributed by atoms with Crippen LogP contribution >= 0.6 is 0 Å². The molecule has 0 saturated carbocycles. The highest BCUT2D eigenvalue weighted by Gasteiger charge is 2.26. The van der Waals surface area contributed by atoms with E-state index in [1.54, 1.807) is 19.1 Å². The average molecular weight is 373 g/mol. The van der Waals surface area contributed by atoms with Gasteiger partial charge in [-0.05, 0) is 43.5 Å². The molecule has 2 aromatic carbocycles. The first-order valence-corrected chi connectivity index (χ1v) is 10.3. The summed E-state index contributed by atoms with van der Waals surface area (Å²) >= 11 is 0. The van der Waals surface area contributed by atoms with E-state index in [9.17, 15) is 13.2 Å². The predicted molar refractivity (Wildman–Crippen MR) is 99.3 cm³/mol. The van der Waals surface area contributed by atoms with Crippen LogP contribution in [0.1, 0.15) is 48.2 Å². The van der Waals surface area contributed by atoms with E-state index in [1.165, 1.54) is 16.4 Å². The number of benzene rings is 2. The van der Waals surface area contributed by atoms with Crippen LogP contribution in [0.4, 0.5) is 0 Å². The largest absolute Gasteiger partial charge is 0.454 e.